The lowest BCUT2D eigenvalue weighted by atomic mass is 10.3. The Morgan fingerprint density at radius 3 is 2.70 bits per heavy atom. The minimum absolute atomic E-state index is 0.126. The van der Waals surface area contributed by atoms with Crippen LogP contribution in [0, 0.1) is 0 Å². The number of aromatic amines is 1. The van der Waals surface area contributed by atoms with E-state index >= 15 is 0 Å². The van der Waals surface area contributed by atoms with Crippen LogP contribution in [-0.2, 0) is 6.18 Å². The summed E-state index contributed by atoms with van der Waals surface area (Å²) in [6.45, 7) is 0. The molecular formula is C12H7F3N4O. The zero-order chi connectivity index (χ0) is 14.3. The Labute approximate surface area is 109 Å². The third-order valence-electron chi connectivity index (χ3n) is 2.69. The fraction of sp³-hybridized carbons (Fsp3) is 0.0833. The molecule has 3 heterocycles. The zero-order valence-electron chi connectivity index (χ0n) is 9.85. The first-order valence-corrected chi connectivity index (χ1v) is 5.57. The molecule has 0 aliphatic heterocycles. The summed E-state index contributed by atoms with van der Waals surface area (Å²) in [4.78, 5) is 20.9. The Kier molecular flexibility index (Phi) is 2.60. The number of hydrogen-bond acceptors (Lipinski definition) is 3. The molecule has 1 N–H and O–H groups in total. The van der Waals surface area contributed by atoms with Gasteiger partial charge in [0.2, 0.25) is 0 Å². The molecule has 0 saturated heterocycles. The Hall–Kier alpha value is -2.64. The SMILES string of the molecule is O=c1ccnc(-c2c(C(F)(F)F)nc3ccccn23)[nH]1. The standard InChI is InChI=1S/C12H7F3N4O/c13-12(14,15)10-9(11-16-5-4-8(20)18-11)19-6-2-1-3-7(19)17-10/h1-6H,(H,16,18,20). The largest absolute Gasteiger partial charge is 0.435 e. The summed E-state index contributed by atoms with van der Waals surface area (Å²) in [6.07, 6.45) is -2.06. The first-order chi connectivity index (χ1) is 9.47. The van der Waals surface area contributed by atoms with Gasteiger partial charge in [-0.1, -0.05) is 6.07 Å². The molecule has 0 radical (unpaired) electrons. The van der Waals surface area contributed by atoms with E-state index in [9.17, 15) is 18.0 Å². The molecule has 3 aromatic heterocycles. The highest BCUT2D eigenvalue weighted by molar-refractivity contribution is 5.61. The van der Waals surface area contributed by atoms with Gasteiger partial charge in [-0.15, -0.1) is 0 Å². The molecule has 0 aliphatic rings. The van der Waals surface area contributed by atoms with Crippen molar-refractivity contribution in [2.45, 2.75) is 6.18 Å². The molecule has 5 nitrogen and oxygen atoms in total. The van der Waals surface area contributed by atoms with Gasteiger partial charge in [0.1, 0.15) is 11.3 Å². The highest BCUT2D eigenvalue weighted by Gasteiger charge is 2.38. The highest BCUT2D eigenvalue weighted by atomic mass is 19.4. The molecule has 0 amide bonds. The van der Waals surface area contributed by atoms with Gasteiger partial charge in [0.25, 0.3) is 5.56 Å². The van der Waals surface area contributed by atoms with Crippen molar-refractivity contribution < 1.29 is 13.2 Å². The van der Waals surface area contributed by atoms with E-state index < -0.39 is 17.4 Å². The molecule has 8 heteroatoms. The van der Waals surface area contributed by atoms with E-state index in [0.717, 1.165) is 12.3 Å². The highest BCUT2D eigenvalue weighted by Crippen LogP contribution is 2.35. The maximum atomic E-state index is 13.1. The number of pyridine rings is 1. The fourth-order valence-electron chi connectivity index (χ4n) is 1.91. The van der Waals surface area contributed by atoms with Gasteiger partial charge in [0, 0.05) is 18.5 Å². The maximum Gasteiger partial charge on any atom is 0.435 e. The van der Waals surface area contributed by atoms with Crippen LogP contribution in [-0.4, -0.2) is 19.4 Å². The zero-order valence-corrected chi connectivity index (χ0v) is 9.85. The van der Waals surface area contributed by atoms with Crippen LogP contribution in [0.1, 0.15) is 5.69 Å². The van der Waals surface area contributed by atoms with Crippen molar-refractivity contribution in [3.63, 3.8) is 0 Å². The van der Waals surface area contributed by atoms with E-state index in [2.05, 4.69) is 15.0 Å². The third-order valence-corrected chi connectivity index (χ3v) is 2.69. The van der Waals surface area contributed by atoms with Crippen molar-refractivity contribution in [1.29, 1.82) is 0 Å². The third kappa shape index (κ3) is 1.94. The van der Waals surface area contributed by atoms with E-state index in [1.165, 1.54) is 16.7 Å². The number of fused-ring (bicyclic) bond motifs is 1. The molecule has 3 rings (SSSR count). The number of nitrogens with one attached hydrogen (secondary N) is 1. The second kappa shape index (κ2) is 4.19. The van der Waals surface area contributed by atoms with E-state index in [1.807, 2.05) is 0 Å². The molecule has 3 aromatic rings. The first-order valence-electron chi connectivity index (χ1n) is 5.57. The van der Waals surface area contributed by atoms with Crippen LogP contribution in [0.15, 0.2) is 41.5 Å². The van der Waals surface area contributed by atoms with Crippen LogP contribution in [0.3, 0.4) is 0 Å². The number of aromatic nitrogens is 4. The first kappa shape index (κ1) is 12.4. The predicted molar refractivity (Wildman–Crippen MR) is 64.0 cm³/mol. The molecular weight excluding hydrogens is 273 g/mol. The molecule has 0 saturated carbocycles. The van der Waals surface area contributed by atoms with E-state index in [0.29, 0.717) is 0 Å². The van der Waals surface area contributed by atoms with Gasteiger partial charge < -0.3 is 4.98 Å². The normalized spacial score (nSPS) is 11.9. The van der Waals surface area contributed by atoms with Gasteiger partial charge >= 0.3 is 6.18 Å². The molecule has 0 bridgehead atoms. The molecule has 0 fully saturated rings. The van der Waals surface area contributed by atoms with Gasteiger partial charge in [-0.05, 0) is 12.1 Å². The van der Waals surface area contributed by atoms with Crippen LogP contribution in [0.25, 0.3) is 17.2 Å². The smallest absolute Gasteiger partial charge is 0.305 e. The lowest BCUT2D eigenvalue weighted by Gasteiger charge is -2.06. The van der Waals surface area contributed by atoms with Crippen LogP contribution in [0.4, 0.5) is 13.2 Å². The quantitative estimate of drug-likeness (QED) is 0.742. The van der Waals surface area contributed by atoms with Crippen LogP contribution in [0.2, 0.25) is 0 Å². The summed E-state index contributed by atoms with van der Waals surface area (Å²) >= 11 is 0. The second-order valence-corrected chi connectivity index (χ2v) is 4.02. The monoisotopic (exact) mass is 280 g/mol. The van der Waals surface area contributed by atoms with Crippen molar-refractivity contribution in [1.82, 2.24) is 19.4 Å². The van der Waals surface area contributed by atoms with Crippen LogP contribution in [0.5, 0.6) is 0 Å². The van der Waals surface area contributed by atoms with Crippen molar-refractivity contribution in [2.24, 2.45) is 0 Å². The van der Waals surface area contributed by atoms with Gasteiger partial charge in [0.15, 0.2) is 11.5 Å². The molecule has 0 aromatic carbocycles. The summed E-state index contributed by atoms with van der Waals surface area (Å²) in [6, 6.07) is 5.71. The average molecular weight is 280 g/mol. The van der Waals surface area contributed by atoms with E-state index in [1.54, 1.807) is 12.1 Å². The van der Waals surface area contributed by atoms with E-state index in [4.69, 9.17) is 0 Å². The van der Waals surface area contributed by atoms with E-state index in [-0.39, 0.29) is 17.2 Å². The van der Waals surface area contributed by atoms with Gasteiger partial charge in [0.05, 0.1) is 0 Å². The molecule has 102 valence electrons. The van der Waals surface area contributed by atoms with Crippen LogP contribution >= 0.6 is 0 Å². The summed E-state index contributed by atoms with van der Waals surface area (Å²) in [7, 11) is 0. The minimum Gasteiger partial charge on any atom is -0.305 e. The predicted octanol–water partition coefficient (Wildman–Crippen LogP) is 2.10. The van der Waals surface area contributed by atoms with Crippen molar-refractivity contribution in [2.75, 3.05) is 0 Å². The number of imidazole rings is 1. The summed E-state index contributed by atoms with van der Waals surface area (Å²) in [5, 5.41) is 0. The Morgan fingerprint density at radius 2 is 2.00 bits per heavy atom. The summed E-state index contributed by atoms with van der Waals surface area (Å²) in [5.74, 6) is -0.177. The summed E-state index contributed by atoms with van der Waals surface area (Å²) < 4.78 is 40.5. The number of H-pyrrole nitrogens is 1. The summed E-state index contributed by atoms with van der Waals surface area (Å²) in [5.41, 5.74) is -1.78. The van der Waals surface area contributed by atoms with Crippen molar-refractivity contribution in [3.8, 4) is 11.5 Å². The fourth-order valence-corrected chi connectivity index (χ4v) is 1.91. The topological polar surface area (TPSA) is 63.1 Å². The second-order valence-electron chi connectivity index (χ2n) is 4.02. The number of rotatable bonds is 1. The molecule has 20 heavy (non-hydrogen) atoms. The number of hydrogen-bond donors (Lipinski definition) is 1. The van der Waals surface area contributed by atoms with Crippen molar-refractivity contribution >= 4 is 5.65 Å². The van der Waals surface area contributed by atoms with Gasteiger partial charge in [-0.3, -0.25) is 9.20 Å². The molecule has 0 atom stereocenters. The molecule has 0 aliphatic carbocycles. The maximum absolute atomic E-state index is 13.1. The van der Waals surface area contributed by atoms with Crippen LogP contribution < -0.4 is 5.56 Å². The number of nitrogens with zero attached hydrogens (tertiary/aromatic N) is 3. The van der Waals surface area contributed by atoms with Crippen molar-refractivity contribution in [3.05, 3.63) is 52.7 Å². The van der Waals surface area contributed by atoms with Gasteiger partial charge in [-0.2, -0.15) is 13.2 Å². The average Bonchev–Trinajstić information content (AvgIpc) is 2.78. The Morgan fingerprint density at radius 1 is 1.20 bits per heavy atom. The number of alkyl halides is 3. The minimum atomic E-state index is -4.64. The van der Waals surface area contributed by atoms with Gasteiger partial charge in [-0.25, -0.2) is 9.97 Å². The number of halogens is 3. The molecule has 0 spiro atoms. The Bertz CT molecular complexity index is 834. The molecule has 0 unspecified atom stereocenters. The Balaban J connectivity index is 2.40. The lowest BCUT2D eigenvalue weighted by molar-refractivity contribution is -0.140. The lowest BCUT2D eigenvalue weighted by Crippen LogP contribution is -2.12.